The van der Waals surface area contributed by atoms with Crippen LogP contribution in [0.5, 0.6) is 0 Å². The van der Waals surface area contributed by atoms with Crippen LogP contribution in [0.2, 0.25) is 0 Å². The molecule has 7 heteroatoms. The fourth-order valence-corrected chi connectivity index (χ4v) is 2.02. The van der Waals surface area contributed by atoms with Crippen LogP contribution in [-0.4, -0.2) is 18.7 Å². The first-order valence-corrected chi connectivity index (χ1v) is 5.31. The predicted octanol–water partition coefficient (Wildman–Crippen LogP) is -0.425. The Hall–Kier alpha value is -1.12. The number of imidazole rings is 1. The number of halogens is 1. The van der Waals surface area contributed by atoms with Crippen molar-refractivity contribution in [2.45, 2.75) is 0 Å². The van der Waals surface area contributed by atoms with Gasteiger partial charge >= 0.3 is 5.69 Å². The van der Waals surface area contributed by atoms with Gasteiger partial charge in [0.05, 0.1) is 0 Å². The first-order valence-electron chi connectivity index (χ1n) is 4.23. The summed E-state index contributed by atoms with van der Waals surface area (Å²) in [4.78, 5) is 27.5. The van der Waals surface area contributed by atoms with Gasteiger partial charge in [-0.25, -0.2) is 9.78 Å². The van der Waals surface area contributed by atoms with Crippen molar-refractivity contribution in [3.8, 4) is 0 Å². The van der Waals surface area contributed by atoms with Gasteiger partial charge < -0.3 is 4.57 Å². The van der Waals surface area contributed by atoms with E-state index in [0.717, 1.165) is 4.57 Å². The smallest absolute Gasteiger partial charge is 0.308 e. The largest absolute Gasteiger partial charge is 0.332 e. The van der Waals surface area contributed by atoms with Gasteiger partial charge in [0.25, 0.3) is 5.56 Å². The number of fused-ring (bicyclic) bond motifs is 1. The molecule has 0 aromatic carbocycles. The Labute approximate surface area is 98.3 Å². The molecule has 0 aliphatic rings. The molecule has 0 radical (unpaired) electrons. The molecular formula is C8H9IN4O2. The van der Waals surface area contributed by atoms with Crippen molar-refractivity contribution in [2.24, 2.45) is 21.1 Å². The minimum atomic E-state index is -0.355. The predicted molar refractivity (Wildman–Crippen MR) is 63.9 cm³/mol. The molecule has 0 atom stereocenters. The molecule has 0 spiro atoms. The molecule has 0 fully saturated rings. The van der Waals surface area contributed by atoms with E-state index in [0.29, 0.717) is 15.0 Å². The van der Waals surface area contributed by atoms with Crippen LogP contribution in [0.3, 0.4) is 0 Å². The summed E-state index contributed by atoms with van der Waals surface area (Å²) >= 11 is 2.02. The lowest BCUT2D eigenvalue weighted by Gasteiger charge is -2.04. The molecule has 80 valence electrons. The fraction of sp³-hybridized carbons (Fsp3) is 0.375. The third kappa shape index (κ3) is 1.25. The SMILES string of the molecule is Cn1c(=O)c2nc(I)n(C)c2n(C)c1=O. The second-order valence-corrected chi connectivity index (χ2v) is 4.28. The lowest BCUT2D eigenvalue weighted by atomic mass is 10.5. The zero-order valence-electron chi connectivity index (χ0n) is 8.48. The monoisotopic (exact) mass is 320 g/mol. The molecule has 0 aliphatic heterocycles. The third-order valence-electron chi connectivity index (χ3n) is 2.41. The molecule has 0 amide bonds. The van der Waals surface area contributed by atoms with E-state index >= 15 is 0 Å². The Morgan fingerprint density at radius 3 is 2.27 bits per heavy atom. The molecule has 0 bridgehead atoms. The Morgan fingerprint density at radius 1 is 1.07 bits per heavy atom. The lowest BCUT2D eigenvalue weighted by Crippen LogP contribution is -2.37. The molecule has 0 aliphatic carbocycles. The first-order chi connectivity index (χ1) is 6.95. The van der Waals surface area contributed by atoms with Crippen LogP contribution in [0.1, 0.15) is 0 Å². The van der Waals surface area contributed by atoms with Gasteiger partial charge in [-0.15, -0.1) is 0 Å². The standard InChI is InChI=1S/C8H9IN4O2/c1-11-5-4(10-7(11)9)6(14)13(3)8(15)12(5)2/h1-3H3. The van der Waals surface area contributed by atoms with E-state index in [-0.39, 0.29) is 11.2 Å². The van der Waals surface area contributed by atoms with E-state index in [1.807, 2.05) is 22.6 Å². The van der Waals surface area contributed by atoms with E-state index < -0.39 is 0 Å². The highest BCUT2D eigenvalue weighted by atomic mass is 127. The Bertz CT molecular complexity index is 664. The zero-order valence-corrected chi connectivity index (χ0v) is 10.6. The molecule has 2 heterocycles. The number of rotatable bonds is 0. The van der Waals surface area contributed by atoms with Crippen molar-refractivity contribution in [2.75, 3.05) is 0 Å². The van der Waals surface area contributed by atoms with Crippen LogP contribution < -0.4 is 11.2 Å². The van der Waals surface area contributed by atoms with Crippen molar-refractivity contribution in [3.63, 3.8) is 0 Å². The van der Waals surface area contributed by atoms with Crippen molar-refractivity contribution in [3.05, 3.63) is 24.7 Å². The summed E-state index contributed by atoms with van der Waals surface area (Å²) in [6, 6.07) is 0. The summed E-state index contributed by atoms with van der Waals surface area (Å²) in [6.45, 7) is 0. The van der Waals surface area contributed by atoms with Gasteiger partial charge in [0.2, 0.25) is 0 Å². The van der Waals surface area contributed by atoms with Gasteiger partial charge in [-0.3, -0.25) is 13.9 Å². The molecule has 0 saturated heterocycles. The number of aryl methyl sites for hydroxylation is 2. The van der Waals surface area contributed by atoms with Gasteiger partial charge in [-0.2, -0.15) is 0 Å². The van der Waals surface area contributed by atoms with Crippen LogP contribution in [0.15, 0.2) is 9.59 Å². The second-order valence-electron chi connectivity index (χ2n) is 3.32. The van der Waals surface area contributed by atoms with Crippen LogP contribution >= 0.6 is 22.6 Å². The van der Waals surface area contributed by atoms with Crippen LogP contribution in [0, 0.1) is 3.83 Å². The molecular weight excluding hydrogens is 311 g/mol. The van der Waals surface area contributed by atoms with Gasteiger partial charge in [0.15, 0.2) is 9.35 Å². The molecule has 6 nitrogen and oxygen atoms in total. The number of aromatic nitrogens is 4. The van der Waals surface area contributed by atoms with Crippen molar-refractivity contribution in [1.29, 1.82) is 0 Å². The maximum absolute atomic E-state index is 11.7. The summed E-state index contributed by atoms with van der Waals surface area (Å²) in [5, 5.41) is 0. The van der Waals surface area contributed by atoms with Gasteiger partial charge in [-0.1, -0.05) is 0 Å². The van der Waals surface area contributed by atoms with E-state index in [9.17, 15) is 9.59 Å². The highest BCUT2D eigenvalue weighted by Crippen LogP contribution is 2.10. The number of hydrogen-bond donors (Lipinski definition) is 0. The molecule has 2 aromatic heterocycles. The van der Waals surface area contributed by atoms with Crippen LogP contribution in [0.4, 0.5) is 0 Å². The quantitative estimate of drug-likeness (QED) is 0.489. The minimum absolute atomic E-state index is 0.325. The Kier molecular flexibility index (Phi) is 2.21. The molecule has 0 unspecified atom stereocenters. The summed E-state index contributed by atoms with van der Waals surface area (Å²) in [6.07, 6.45) is 0. The highest BCUT2D eigenvalue weighted by Gasteiger charge is 2.14. The maximum Gasteiger partial charge on any atom is 0.332 e. The third-order valence-corrected chi connectivity index (χ3v) is 3.37. The molecule has 2 rings (SSSR count). The zero-order chi connectivity index (χ0) is 11.3. The summed E-state index contributed by atoms with van der Waals surface area (Å²) in [5.74, 6) is 0. The lowest BCUT2D eigenvalue weighted by molar-refractivity contribution is 0.696. The fourth-order valence-electron chi connectivity index (χ4n) is 1.55. The van der Waals surface area contributed by atoms with Crippen molar-refractivity contribution >= 4 is 33.8 Å². The van der Waals surface area contributed by atoms with Crippen molar-refractivity contribution < 1.29 is 0 Å². The Morgan fingerprint density at radius 2 is 1.67 bits per heavy atom. The summed E-state index contributed by atoms with van der Waals surface area (Å²) < 4.78 is 4.89. The maximum atomic E-state index is 11.7. The molecule has 0 saturated carbocycles. The number of nitrogens with zero attached hydrogens (tertiary/aromatic N) is 4. The average molecular weight is 320 g/mol. The number of hydrogen-bond acceptors (Lipinski definition) is 3. The molecule has 15 heavy (non-hydrogen) atoms. The summed E-state index contributed by atoms with van der Waals surface area (Å²) in [7, 11) is 4.85. The van der Waals surface area contributed by atoms with E-state index in [2.05, 4.69) is 4.98 Å². The molecule has 2 aromatic rings. The Balaban J connectivity index is 3.23. The minimum Gasteiger partial charge on any atom is -0.308 e. The second kappa shape index (κ2) is 3.19. The van der Waals surface area contributed by atoms with E-state index in [1.165, 1.54) is 11.6 Å². The van der Waals surface area contributed by atoms with Gasteiger partial charge in [0.1, 0.15) is 5.65 Å². The van der Waals surface area contributed by atoms with Gasteiger partial charge in [0, 0.05) is 43.7 Å². The first kappa shape index (κ1) is 10.4. The highest BCUT2D eigenvalue weighted by molar-refractivity contribution is 14.1. The van der Waals surface area contributed by atoms with Gasteiger partial charge in [-0.05, 0) is 0 Å². The van der Waals surface area contributed by atoms with E-state index in [1.54, 1.807) is 18.7 Å². The summed E-state index contributed by atoms with van der Waals surface area (Å²) in [5.41, 5.74) is 0.178. The average Bonchev–Trinajstić information content (AvgIpc) is 2.50. The van der Waals surface area contributed by atoms with Crippen LogP contribution in [-0.2, 0) is 21.1 Å². The van der Waals surface area contributed by atoms with Crippen LogP contribution in [0.25, 0.3) is 11.2 Å². The molecule has 0 N–H and O–H groups in total. The topological polar surface area (TPSA) is 61.8 Å². The van der Waals surface area contributed by atoms with Crippen molar-refractivity contribution in [1.82, 2.24) is 18.7 Å². The normalized spacial score (nSPS) is 11.2. The van der Waals surface area contributed by atoms with E-state index in [4.69, 9.17) is 0 Å².